The summed E-state index contributed by atoms with van der Waals surface area (Å²) in [6.07, 6.45) is 0.750. The zero-order valence-corrected chi connectivity index (χ0v) is 15.0. The quantitative estimate of drug-likeness (QED) is 0.886. The van der Waals surface area contributed by atoms with E-state index in [1.54, 1.807) is 25.2 Å². The standard InChI is InChI=1S/C18H20N2O4S/c1-23-14-8-12-5-6-20(11-13(12)9-15(14)24-2)17(21)10-19-18(22)16-4-3-7-25-16/h3-4,7-9H,5-6,10-11H2,1-2H3,(H,19,22). The van der Waals surface area contributed by atoms with E-state index in [4.69, 9.17) is 9.47 Å². The molecule has 132 valence electrons. The van der Waals surface area contributed by atoms with Crippen LogP contribution in [-0.4, -0.2) is 44.0 Å². The Balaban J connectivity index is 1.63. The summed E-state index contributed by atoms with van der Waals surface area (Å²) in [5.74, 6) is 1.04. The molecular weight excluding hydrogens is 340 g/mol. The molecule has 2 aromatic rings. The predicted molar refractivity (Wildman–Crippen MR) is 95.3 cm³/mol. The van der Waals surface area contributed by atoms with E-state index < -0.39 is 0 Å². The van der Waals surface area contributed by atoms with Crippen LogP contribution >= 0.6 is 11.3 Å². The molecule has 0 atom stereocenters. The van der Waals surface area contributed by atoms with Crippen molar-refractivity contribution >= 4 is 23.2 Å². The van der Waals surface area contributed by atoms with Crippen LogP contribution in [0.4, 0.5) is 0 Å². The second-order valence-corrected chi connectivity index (χ2v) is 6.65. The Morgan fingerprint density at radius 3 is 2.56 bits per heavy atom. The molecule has 25 heavy (non-hydrogen) atoms. The van der Waals surface area contributed by atoms with Crippen molar-refractivity contribution < 1.29 is 19.1 Å². The van der Waals surface area contributed by atoms with Gasteiger partial charge in [-0.05, 0) is 41.1 Å². The minimum Gasteiger partial charge on any atom is -0.493 e. The fourth-order valence-corrected chi connectivity index (χ4v) is 3.50. The Bertz CT molecular complexity index is 774. The number of hydrogen-bond donors (Lipinski definition) is 1. The van der Waals surface area contributed by atoms with Crippen LogP contribution in [0.25, 0.3) is 0 Å². The zero-order chi connectivity index (χ0) is 17.8. The molecule has 7 heteroatoms. The van der Waals surface area contributed by atoms with E-state index in [1.165, 1.54) is 11.3 Å². The summed E-state index contributed by atoms with van der Waals surface area (Å²) in [6, 6.07) is 7.43. The number of nitrogens with zero attached hydrogens (tertiary/aromatic N) is 1. The highest BCUT2D eigenvalue weighted by Crippen LogP contribution is 2.33. The predicted octanol–water partition coefficient (Wildman–Crippen LogP) is 2.08. The molecule has 2 amide bonds. The van der Waals surface area contributed by atoms with E-state index in [2.05, 4.69) is 5.32 Å². The van der Waals surface area contributed by atoms with E-state index in [-0.39, 0.29) is 18.4 Å². The van der Waals surface area contributed by atoms with E-state index in [0.29, 0.717) is 29.5 Å². The summed E-state index contributed by atoms with van der Waals surface area (Å²) in [4.78, 5) is 26.7. The molecular formula is C18H20N2O4S. The summed E-state index contributed by atoms with van der Waals surface area (Å²) < 4.78 is 10.7. The van der Waals surface area contributed by atoms with E-state index in [0.717, 1.165) is 17.5 Å². The lowest BCUT2D eigenvalue weighted by atomic mass is 9.98. The maximum Gasteiger partial charge on any atom is 0.261 e. The summed E-state index contributed by atoms with van der Waals surface area (Å²) in [6.45, 7) is 1.12. The third kappa shape index (κ3) is 3.76. The van der Waals surface area contributed by atoms with Crippen LogP contribution in [0.2, 0.25) is 0 Å². The highest BCUT2D eigenvalue weighted by molar-refractivity contribution is 7.12. The number of methoxy groups -OCH3 is 2. The van der Waals surface area contributed by atoms with Gasteiger partial charge in [-0.15, -0.1) is 11.3 Å². The van der Waals surface area contributed by atoms with Crippen LogP contribution in [0, 0.1) is 0 Å². The van der Waals surface area contributed by atoms with Crippen molar-refractivity contribution in [3.8, 4) is 11.5 Å². The fraction of sp³-hybridized carbons (Fsp3) is 0.333. The van der Waals surface area contributed by atoms with Crippen molar-refractivity contribution in [1.82, 2.24) is 10.2 Å². The van der Waals surface area contributed by atoms with Crippen LogP contribution < -0.4 is 14.8 Å². The van der Waals surface area contributed by atoms with Gasteiger partial charge in [-0.1, -0.05) is 6.07 Å². The SMILES string of the molecule is COc1cc2c(cc1OC)CN(C(=O)CNC(=O)c1cccs1)CC2. The topological polar surface area (TPSA) is 67.9 Å². The molecule has 1 N–H and O–H groups in total. The van der Waals surface area contributed by atoms with Crippen LogP contribution in [0.5, 0.6) is 11.5 Å². The molecule has 0 aliphatic carbocycles. The molecule has 1 aromatic heterocycles. The van der Waals surface area contributed by atoms with Gasteiger partial charge in [0, 0.05) is 13.1 Å². The maximum atomic E-state index is 12.4. The van der Waals surface area contributed by atoms with Gasteiger partial charge in [0.1, 0.15) is 0 Å². The second kappa shape index (κ2) is 7.57. The lowest BCUT2D eigenvalue weighted by molar-refractivity contribution is -0.131. The van der Waals surface area contributed by atoms with Gasteiger partial charge in [-0.2, -0.15) is 0 Å². The molecule has 0 spiro atoms. The lowest BCUT2D eigenvalue weighted by Gasteiger charge is -2.29. The monoisotopic (exact) mass is 360 g/mol. The highest BCUT2D eigenvalue weighted by atomic mass is 32.1. The first-order valence-corrected chi connectivity index (χ1v) is 8.83. The normalized spacial score (nSPS) is 13.1. The Hall–Kier alpha value is -2.54. The molecule has 1 aliphatic heterocycles. The highest BCUT2D eigenvalue weighted by Gasteiger charge is 2.23. The molecule has 0 saturated heterocycles. The number of carbonyl (C=O) groups is 2. The lowest BCUT2D eigenvalue weighted by Crippen LogP contribution is -2.42. The minimum absolute atomic E-state index is 0.000639. The third-order valence-electron chi connectivity index (χ3n) is 4.22. The van der Waals surface area contributed by atoms with Gasteiger partial charge in [0.25, 0.3) is 5.91 Å². The van der Waals surface area contributed by atoms with Crippen molar-refractivity contribution in [2.24, 2.45) is 0 Å². The largest absolute Gasteiger partial charge is 0.493 e. The fourth-order valence-electron chi connectivity index (χ4n) is 2.86. The summed E-state index contributed by atoms with van der Waals surface area (Å²) in [7, 11) is 3.20. The van der Waals surface area contributed by atoms with Crippen molar-refractivity contribution in [3.05, 3.63) is 45.6 Å². The number of thiophene rings is 1. The molecule has 2 heterocycles. The van der Waals surface area contributed by atoms with Gasteiger partial charge in [-0.3, -0.25) is 9.59 Å². The van der Waals surface area contributed by atoms with Gasteiger partial charge in [-0.25, -0.2) is 0 Å². The number of ether oxygens (including phenoxy) is 2. The van der Waals surface area contributed by atoms with Crippen molar-refractivity contribution in [2.45, 2.75) is 13.0 Å². The first-order chi connectivity index (χ1) is 12.1. The zero-order valence-electron chi connectivity index (χ0n) is 14.2. The number of benzene rings is 1. The van der Waals surface area contributed by atoms with Crippen molar-refractivity contribution in [1.29, 1.82) is 0 Å². The van der Waals surface area contributed by atoms with Gasteiger partial charge in [0.05, 0.1) is 25.6 Å². The van der Waals surface area contributed by atoms with Crippen molar-refractivity contribution in [2.75, 3.05) is 27.3 Å². The second-order valence-electron chi connectivity index (χ2n) is 5.70. The van der Waals surface area contributed by atoms with Crippen LogP contribution in [0.3, 0.4) is 0 Å². The number of fused-ring (bicyclic) bond motifs is 1. The number of rotatable bonds is 5. The van der Waals surface area contributed by atoms with E-state index in [1.807, 2.05) is 23.6 Å². The Morgan fingerprint density at radius 1 is 1.20 bits per heavy atom. The third-order valence-corrected chi connectivity index (χ3v) is 5.08. The smallest absolute Gasteiger partial charge is 0.261 e. The van der Waals surface area contributed by atoms with Crippen molar-refractivity contribution in [3.63, 3.8) is 0 Å². The van der Waals surface area contributed by atoms with Gasteiger partial charge < -0.3 is 19.7 Å². The molecule has 0 radical (unpaired) electrons. The number of amides is 2. The average molecular weight is 360 g/mol. The molecule has 0 bridgehead atoms. The molecule has 0 fully saturated rings. The number of carbonyl (C=O) groups excluding carboxylic acids is 2. The molecule has 3 rings (SSSR count). The van der Waals surface area contributed by atoms with Gasteiger partial charge >= 0.3 is 0 Å². The minimum atomic E-state index is -0.216. The first kappa shape index (κ1) is 17.3. The molecule has 0 saturated carbocycles. The van der Waals surface area contributed by atoms with Gasteiger partial charge in [0.15, 0.2) is 11.5 Å². The number of hydrogen-bond acceptors (Lipinski definition) is 5. The van der Waals surface area contributed by atoms with Crippen LogP contribution in [0.15, 0.2) is 29.6 Å². The van der Waals surface area contributed by atoms with Crippen LogP contribution in [0.1, 0.15) is 20.8 Å². The molecule has 6 nitrogen and oxygen atoms in total. The summed E-state index contributed by atoms with van der Waals surface area (Å²) >= 11 is 1.35. The molecule has 1 aliphatic rings. The van der Waals surface area contributed by atoms with E-state index >= 15 is 0 Å². The average Bonchev–Trinajstić information content (AvgIpc) is 3.18. The first-order valence-electron chi connectivity index (χ1n) is 7.95. The summed E-state index contributed by atoms with van der Waals surface area (Å²) in [5, 5.41) is 4.52. The maximum absolute atomic E-state index is 12.4. The Labute approximate surface area is 150 Å². The molecule has 1 aromatic carbocycles. The number of nitrogens with one attached hydrogen (secondary N) is 1. The Kier molecular flexibility index (Phi) is 5.23. The Morgan fingerprint density at radius 2 is 1.92 bits per heavy atom. The van der Waals surface area contributed by atoms with Crippen LogP contribution in [-0.2, 0) is 17.8 Å². The van der Waals surface area contributed by atoms with E-state index in [9.17, 15) is 9.59 Å². The van der Waals surface area contributed by atoms with Gasteiger partial charge in [0.2, 0.25) is 5.91 Å². The summed E-state index contributed by atoms with van der Waals surface area (Å²) in [5.41, 5.74) is 2.20. The molecule has 0 unspecified atom stereocenters.